The summed E-state index contributed by atoms with van der Waals surface area (Å²) in [4.78, 5) is 22.4. The molecule has 2 heterocycles. The number of nitrogens with zero attached hydrogens (tertiary/aromatic N) is 3. The van der Waals surface area contributed by atoms with Crippen LogP contribution in [0.2, 0.25) is 0 Å². The van der Waals surface area contributed by atoms with Gasteiger partial charge in [-0.15, -0.1) is 0 Å². The van der Waals surface area contributed by atoms with Gasteiger partial charge in [0.15, 0.2) is 0 Å². The van der Waals surface area contributed by atoms with Crippen molar-refractivity contribution in [3.8, 4) is 0 Å². The Bertz CT molecular complexity index is 550. The van der Waals surface area contributed by atoms with Gasteiger partial charge >= 0.3 is 0 Å². The Morgan fingerprint density at radius 2 is 2.00 bits per heavy atom. The Morgan fingerprint density at radius 3 is 2.55 bits per heavy atom. The van der Waals surface area contributed by atoms with Crippen molar-refractivity contribution in [3.63, 3.8) is 0 Å². The van der Waals surface area contributed by atoms with Crippen LogP contribution in [-0.2, 0) is 0 Å². The SMILES string of the molecule is CCN(CC)c1ccc(NC(=O)c2cccnc2)cn1. The van der Waals surface area contributed by atoms with Crippen LogP contribution in [0.1, 0.15) is 24.2 Å². The second kappa shape index (κ2) is 6.65. The van der Waals surface area contributed by atoms with Gasteiger partial charge in [-0.3, -0.25) is 9.78 Å². The predicted molar refractivity (Wildman–Crippen MR) is 80.0 cm³/mol. The summed E-state index contributed by atoms with van der Waals surface area (Å²) >= 11 is 0. The van der Waals surface area contributed by atoms with Crippen LogP contribution in [0.3, 0.4) is 0 Å². The lowest BCUT2D eigenvalue weighted by molar-refractivity contribution is 0.102. The fourth-order valence-electron chi connectivity index (χ4n) is 1.89. The fraction of sp³-hybridized carbons (Fsp3) is 0.267. The van der Waals surface area contributed by atoms with E-state index in [9.17, 15) is 4.79 Å². The summed E-state index contributed by atoms with van der Waals surface area (Å²) in [7, 11) is 0. The number of nitrogens with one attached hydrogen (secondary N) is 1. The average molecular weight is 270 g/mol. The lowest BCUT2D eigenvalue weighted by Gasteiger charge is -2.19. The maximum atomic E-state index is 12.0. The number of carbonyl (C=O) groups is 1. The Labute approximate surface area is 118 Å². The van der Waals surface area contributed by atoms with E-state index in [-0.39, 0.29) is 5.91 Å². The van der Waals surface area contributed by atoms with E-state index in [0.29, 0.717) is 11.3 Å². The van der Waals surface area contributed by atoms with Crippen LogP contribution in [-0.4, -0.2) is 29.0 Å². The van der Waals surface area contributed by atoms with Gasteiger partial charge in [-0.2, -0.15) is 0 Å². The molecule has 0 unspecified atom stereocenters. The van der Waals surface area contributed by atoms with Crippen LogP contribution in [0.25, 0.3) is 0 Å². The highest BCUT2D eigenvalue weighted by atomic mass is 16.1. The van der Waals surface area contributed by atoms with Crippen LogP contribution < -0.4 is 10.2 Å². The summed E-state index contributed by atoms with van der Waals surface area (Å²) in [5.41, 5.74) is 1.20. The molecule has 2 aromatic rings. The molecule has 5 heteroatoms. The number of aromatic nitrogens is 2. The van der Waals surface area contributed by atoms with Crippen molar-refractivity contribution in [2.75, 3.05) is 23.3 Å². The summed E-state index contributed by atoms with van der Waals surface area (Å²) < 4.78 is 0. The number of amides is 1. The first-order chi connectivity index (χ1) is 9.74. The molecule has 0 aliphatic rings. The molecule has 0 bridgehead atoms. The minimum atomic E-state index is -0.185. The van der Waals surface area contributed by atoms with Crippen LogP contribution in [0, 0.1) is 0 Å². The minimum Gasteiger partial charge on any atom is -0.357 e. The number of carbonyl (C=O) groups excluding carboxylic acids is 1. The molecular formula is C15H18N4O. The van der Waals surface area contributed by atoms with Gasteiger partial charge in [0.25, 0.3) is 5.91 Å². The van der Waals surface area contributed by atoms with Crippen molar-refractivity contribution >= 4 is 17.4 Å². The van der Waals surface area contributed by atoms with E-state index < -0.39 is 0 Å². The average Bonchev–Trinajstić information content (AvgIpc) is 2.51. The van der Waals surface area contributed by atoms with Crippen molar-refractivity contribution in [3.05, 3.63) is 48.4 Å². The molecule has 0 aliphatic heterocycles. The third-order valence-electron chi connectivity index (χ3n) is 3.02. The largest absolute Gasteiger partial charge is 0.357 e. The van der Waals surface area contributed by atoms with Gasteiger partial charge in [0.2, 0.25) is 0 Å². The monoisotopic (exact) mass is 270 g/mol. The first kappa shape index (κ1) is 14.0. The molecular weight excluding hydrogens is 252 g/mol. The molecule has 0 spiro atoms. The van der Waals surface area contributed by atoms with E-state index in [4.69, 9.17) is 0 Å². The quantitative estimate of drug-likeness (QED) is 0.907. The summed E-state index contributed by atoms with van der Waals surface area (Å²) in [6.45, 7) is 5.99. The standard InChI is InChI=1S/C15H18N4O/c1-3-19(4-2)14-8-7-13(11-17-14)18-15(20)12-6-5-9-16-10-12/h5-11H,3-4H2,1-2H3,(H,18,20). The molecule has 0 aliphatic carbocycles. The maximum Gasteiger partial charge on any atom is 0.257 e. The Hall–Kier alpha value is -2.43. The van der Waals surface area contributed by atoms with Crippen molar-refractivity contribution in [1.82, 2.24) is 9.97 Å². The highest BCUT2D eigenvalue weighted by Crippen LogP contribution is 2.14. The molecule has 2 aromatic heterocycles. The topological polar surface area (TPSA) is 58.1 Å². The third-order valence-corrected chi connectivity index (χ3v) is 3.02. The molecule has 1 N–H and O–H groups in total. The van der Waals surface area contributed by atoms with Crippen molar-refractivity contribution in [1.29, 1.82) is 0 Å². The van der Waals surface area contributed by atoms with Gasteiger partial charge in [0.05, 0.1) is 17.4 Å². The zero-order valence-corrected chi connectivity index (χ0v) is 11.7. The van der Waals surface area contributed by atoms with Gasteiger partial charge in [0, 0.05) is 25.5 Å². The number of hydrogen-bond donors (Lipinski definition) is 1. The highest BCUT2D eigenvalue weighted by Gasteiger charge is 2.07. The molecule has 0 atom stereocenters. The highest BCUT2D eigenvalue weighted by molar-refractivity contribution is 6.03. The van der Waals surface area contributed by atoms with E-state index in [2.05, 4.69) is 34.0 Å². The number of hydrogen-bond acceptors (Lipinski definition) is 4. The van der Waals surface area contributed by atoms with Crippen molar-refractivity contribution in [2.24, 2.45) is 0 Å². The molecule has 0 saturated carbocycles. The first-order valence-electron chi connectivity index (χ1n) is 6.67. The smallest absolute Gasteiger partial charge is 0.257 e. The van der Waals surface area contributed by atoms with Gasteiger partial charge in [-0.05, 0) is 38.1 Å². The predicted octanol–water partition coefficient (Wildman–Crippen LogP) is 2.58. The normalized spacial score (nSPS) is 10.1. The molecule has 2 rings (SSSR count). The van der Waals surface area contributed by atoms with Gasteiger partial charge < -0.3 is 10.2 Å². The molecule has 5 nitrogen and oxygen atoms in total. The fourth-order valence-corrected chi connectivity index (χ4v) is 1.89. The van der Waals surface area contributed by atoms with Gasteiger partial charge in [0.1, 0.15) is 5.82 Å². The van der Waals surface area contributed by atoms with Crippen molar-refractivity contribution < 1.29 is 4.79 Å². The Balaban J connectivity index is 2.06. The molecule has 0 fully saturated rings. The second-order valence-electron chi connectivity index (χ2n) is 4.27. The van der Waals surface area contributed by atoms with Gasteiger partial charge in [-0.25, -0.2) is 4.98 Å². The van der Waals surface area contributed by atoms with Crippen molar-refractivity contribution in [2.45, 2.75) is 13.8 Å². The summed E-state index contributed by atoms with van der Waals surface area (Å²) in [6.07, 6.45) is 4.84. The summed E-state index contributed by atoms with van der Waals surface area (Å²) in [5, 5.41) is 2.80. The van der Waals surface area contributed by atoms with Gasteiger partial charge in [-0.1, -0.05) is 0 Å². The summed E-state index contributed by atoms with van der Waals surface area (Å²) in [5.74, 6) is 0.727. The van der Waals surface area contributed by atoms with Crippen LogP contribution >= 0.6 is 0 Å². The van der Waals surface area contributed by atoms with Crippen LogP contribution in [0.4, 0.5) is 11.5 Å². The maximum absolute atomic E-state index is 12.0. The number of rotatable bonds is 5. The number of anilines is 2. The van der Waals surface area contributed by atoms with Crippen LogP contribution in [0.15, 0.2) is 42.9 Å². The Morgan fingerprint density at radius 1 is 1.20 bits per heavy atom. The zero-order valence-electron chi connectivity index (χ0n) is 11.7. The van der Waals surface area contributed by atoms with E-state index in [0.717, 1.165) is 18.9 Å². The number of pyridine rings is 2. The molecule has 0 radical (unpaired) electrons. The zero-order chi connectivity index (χ0) is 14.4. The third kappa shape index (κ3) is 3.32. The van der Waals surface area contributed by atoms with E-state index >= 15 is 0 Å². The molecule has 20 heavy (non-hydrogen) atoms. The van der Waals surface area contributed by atoms with Crippen LogP contribution in [0.5, 0.6) is 0 Å². The van der Waals surface area contributed by atoms with E-state index in [1.165, 1.54) is 6.20 Å². The first-order valence-corrected chi connectivity index (χ1v) is 6.67. The lowest BCUT2D eigenvalue weighted by atomic mass is 10.2. The lowest BCUT2D eigenvalue weighted by Crippen LogP contribution is -2.22. The van der Waals surface area contributed by atoms with E-state index in [1.807, 2.05) is 12.1 Å². The molecule has 1 amide bonds. The molecule has 0 aromatic carbocycles. The summed E-state index contributed by atoms with van der Waals surface area (Å²) in [6, 6.07) is 7.22. The van der Waals surface area contributed by atoms with E-state index in [1.54, 1.807) is 24.5 Å². The molecule has 0 saturated heterocycles. The minimum absolute atomic E-state index is 0.185. The molecule has 104 valence electrons. The second-order valence-corrected chi connectivity index (χ2v) is 4.27. The Kier molecular flexibility index (Phi) is 4.65.